The highest BCUT2D eigenvalue weighted by atomic mass is 16.5. The molecule has 0 aromatic rings. The molecule has 2 aliphatic heterocycles. The second kappa shape index (κ2) is 3.56. The van der Waals surface area contributed by atoms with Crippen LogP contribution in [-0.4, -0.2) is 34.6 Å². The van der Waals surface area contributed by atoms with Gasteiger partial charge >= 0.3 is 0 Å². The molecule has 0 aromatic carbocycles. The van der Waals surface area contributed by atoms with Crippen molar-refractivity contribution in [3.8, 4) is 0 Å². The van der Waals surface area contributed by atoms with Gasteiger partial charge in [-0.3, -0.25) is 0 Å². The molecule has 2 fully saturated rings. The molecule has 0 radical (unpaired) electrons. The predicted molar refractivity (Wildman–Crippen MR) is 49.7 cm³/mol. The molecule has 2 rings (SSSR count). The molecular weight excluding hydrogens is 166 g/mol. The largest absolute Gasteiger partial charge is 0.375 e. The van der Waals surface area contributed by atoms with Gasteiger partial charge in [-0.05, 0) is 39.5 Å². The van der Waals surface area contributed by atoms with Crippen molar-refractivity contribution in [1.82, 2.24) is 5.06 Å². The van der Waals surface area contributed by atoms with Crippen molar-refractivity contribution in [2.75, 3.05) is 0 Å². The molecule has 13 heavy (non-hydrogen) atoms. The summed E-state index contributed by atoms with van der Waals surface area (Å²) in [6, 6.07) is 0.727. The van der Waals surface area contributed by atoms with Gasteiger partial charge in [0.05, 0.1) is 12.2 Å². The van der Waals surface area contributed by atoms with E-state index in [1.54, 1.807) is 5.06 Å². The zero-order chi connectivity index (χ0) is 9.42. The van der Waals surface area contributed by atoms with Crippen LogP contribution >= 0.6 is 0 Å². The summed E-state index contributed by atoms with van der Waals surface area (Å²) in [5.41, 5.74) is 0. The van der Waals surface area contributed by atoms with Crippen LogP contribution in [0.2, 0.25) is 0 Å². The minimum absolute atomic E-state index is 0.314. The van der Waals surface area contributed by atoms with E-state index in [-0.39, 0.29) is 0 Å². The maximum atomic E-state index is 9.64. The molecule has 3 atom stereocenters. The third-order valence-electron chi connectivity index (χ3n) is 3.12. The summed E-state index contributed by atoms with van der Waals surface area (Å²) in [6.45, 7) is 4.15. The number of hydrogen-bond donors (Lipinski definition) is 1. The molecule has 2 bridgehead atoms. The first-order valence-corrected chi connectivity index (χ1v) is 5.29. The van der Waals surface area contributed by atoms with Gasteiger partial charge in [-0.15, -0.1) is 0 Å². The van der Waals surface area contributed by atoms with E-state index in [1.165, 1.54) is 0 Å². The zero-order valence-electron chi connectivity index (χ0n) is 8.44. The Kier molecular flexibility index (Phi) is 2.58. The SMILES string of the molecule is CC(C)O[C@H]1C[C@H]2CC[C@@H](C1)N2O. The van der Waals surface area contributed by atoms with E-state index in [0.29, 0.717) is 24.3 Å². The van der Waals surface area contributed by atoms with E-state index >= 15 is 0 Å². The van der Waals surface area contributed by atoms with Gasteiger partial charge in [0, 0.05) is 12.1 Å². The Hall–Kier alpha value is -0.120. The smallest absolute Gasteiger partial charge is 0.0610 e. The molecular formula is C10H19NO2. The Labute approximate surface area is 79.6 Å². The highest BCUT2D eigenvalue weighted by Gasteiger charge is 2.40. The minimum atomic E-state index is 0.314. The summed E-state index contributed by atoms with van der Waals surface area (Å²) in [4.78, 5) is 0. The van der Waals surface area contributed by atoms with Gasteiger partial charge in [0.25, 0.3) is 0 Å². The first kappa shape index (κ1) is 9.44. The van der Waals surface area contributed by atoms with Crippen LogP contribution in [0.3, 0.4) is 0 Å². The Morgan fingerprint density at radius 1 is 1.23 bits per heavy atom. The van der Waals surface area contributed by atoms with Gasteiger partial charge in [0.15, 0.2) is 0 Å². The molecule has 1 N–H and O–H groups in total. The average Bonchev–Trinajstić information content (AvgIpc) is 2.33. The zero-order valence-corrected chi connectivity index (χ0v) is 8.44. The maximum absolute atomic E-state index is 9.64. The van der Waals surface area contributed by atoms with Crippen LogP contribution in [0.15, 0.2) is 0 Å². The number of hydrogen-bond acceptors (Lipinski definition) is 3. The number of hydroxylamine groups is 2. The number of fused-ring (bicyclic) bond motifs is 2. The van der Waals surface area contributed by atoms with E-state index in [0.717, 1.165) is 25.7 Å². The molecule has 0 amide bonds. The van der Waals surface area contributed by atoms with Crippen molar-refractivity contribution in [3.63, 3.8) is 0 Å². The van der Waals surface area contributed by atoms with Crippen LogP contribution < -0.4 is 0 Å². The lowest BCUT2D eigenvalue weighted by atomic mass is 10.0. The van der Waals surface area contributed by atoms with Crippen molar-refractivity contribution in [2.45, 2.75) is 63.8 Å². The van der Waals surface area contributed by atoms with Crippen molar-refractivity contribution < 1.29 is 9.94 Å². The molecule has 0 aliphatic carbocycles. The third-order valence-corrected chi connectivity index (χ3v) is 3.12. The van der Waals surface area contributed by atoms with E-state index in [1.807, 2.05) is 0 Å². The van der Waals surface area contributed by atoms with Crippen LogP contribution in [0.1, 0.15) is 39.5 Å². The summed E-state index contributed by atoms with van der Waals surface area (Å²) in [5, 5.41) is 11.2. The van der Waals surface area contributed by atoms with Gasteiger partial charge in [-0.1, -0.05) is 0 Å². The number of piperidine rings is 1. The van der Waals surface area contributed by atoms with Crippen LogP contribution in [0, 0.1) is 0 Å². The number of nitrogens with zero attached hydrogens (tertiary/aromatic N) is 1. The highest BCUT2D eigenvalue weighted by molar-refractivity contribution is 4.91. The fourth-order valence-electron chi connectivity index (χ4n) is 2.60. The number of rotatable bonds is 2. The van der Waals surface area contributed by atoms with Crippen LogP contribution in [0.25, 0.3) is 0 Å². The average molecular weight is 185 g/mol. The monoisotopic (exact) mass is 185 g/mol. The molecule has 76 valence electrons. The molecule has 2 aliphatic rings. The molecule has 0 saturated carbocycles. The van der Waals surface area contributed by atoms with Gasteiger partial charge in [-0.25, -0.2) is 0 Å². The highest BCUT2D eigenvalue weighted by Crippen LogP contribution is 2.35. The Morgan fingerprint density at radius 3 is 2.23 bits per heavy atom. The Balaban J connectivity index is 1.91. The Morgan fingerprint density at radius 2 is 1.77 bits per heavy atom. The predicted octanol–water partition coefficient (Wildman–Crippen LogP) is 1.80. The van der Waals surface area contributed by atoms with Crippen molar-refractivity contribution >= 4 is 0 Å². The van der Waals surface area contributed by atoms with Crippen LogP contribution in [0.5, 0.6) is 0 Å². The van der Waals surface area contributed by atoms with Gasteiger partial charge in [-0.2, -0.15) is 5.06 Å². The second-order valence-electron chi connectivity index (χ2n) is 4.54. The second-order valence-corrected chi connectivity index (χ2v) is 4.54. The summed E-state index contributed by atoms with van der Waals surface area (Å²) < 4.78 is 5.78. The summed E-state index contributed by atoms with van der Waals surface area (Å²) in [5.74, 6) is 0. The van der Waals surface area contributed by atoms with Crippen molar-refractivity contribution in [2.24, 2.45) is 0 Å². The van der Waals surface area contributed by atoms with Gasteiger partial charge < -0.3 is 9.94 Å². The van der Waals surface area contributed by atoms with Gasteiger partial charge in [0.1, 0.15) is 0 Å². The summed E-state index contributed by atoms with van der Waals surface area (Å²) >= 11 is 0. The number of ether oxygens (including phenoxy) is 1. The van der Waals surface area contributed by atoms with E-state index in [4.69, 9.17) is 4.74 Å². The van der Waals surface area contributed by atoms with E-state index in [9.17, 15) is 5.21 Å². The van der Waals surface area contributed by atoms with E-state index < -0.39 is 0 Å². The maximum Gasteiger partial charge on any atom is 0.0610 e. The Bertz CT molecular complexity index is 170. The van der Waals surface area contributed by atoms with Crippen LogP contribution in [-0.2, 0) is 4.74 Å². The molecule has 0 unspecified atom stereocenters. The molecule has 2 saturated heterocycles. The molecule has 3 nitrogen and oxygen atoms in total. The molecule has 0 spiro atoms. The normalized spacial score (nSPS) is 40.2. The molecule has 0 aromatic heterocycles. The quantitative estimate of drug-likeness (QED) is 0.712. The van der Waals surface area contributed by atoms with E-state index in [2.05, 4.69) is 13.8 Å². The molecule has 3 heteroatoms. The van der Waals surface area contributed by atoms with Gasteiger partial charge in [0.2, 0.25) is 0 Å². The lowest BCUT2D eigenvalue weighted by molar-refractivity contribution is -0.178. The summed E-state index contributed by atoms with van der Waals surface area (Å²) in [7, 11) is 0. The van der Waals surface area contributed by atoms with Crippen molar-refractivity contribution in [1.29, 1.82) is 0 Å². The minimum Gasteiger partial charge on any atom is -0.375 e. The fourth-order valence-corrected chi connectivity index (χ4v) is 2.60. The topological polar surface area (TPSA) is 32.7 Å². The first-order valence-electron chi connectivity index (χ1n) is 5.29. The van der Waals surface area contributed by atoms with Crippen LogP contribution in [0.4, 0.5) is 0 Å². The van der Waals surface area contributed by atoms with Crippen molar-refractivity contribution in [3.05, 3.63) is 0 Å². The standard InChI is InChI=1S/C10H19NO2/c1-7(2)13-10-5-8-3-4-9(6-10)11(8)12/h7-10,12H,3-6H2,1-2H3/t8-,9+,10+. The lowest BCUT2D eigenvalue weighted by Gasteiger charge is -2.35. The summed E-state index contributed by atoms with van der Waals surface area (Å²) in [6.07, 6.45) is 4.98. The first-order chi connectivity index (χ1) is 6.16. The molecule has 2 heterocycles. The fraction of sp³-hybridized carbons (Fsp3) is 1.00. The third kappa shape index (κ3) is 1.87. The lowest BCUT2D eigenvalue weighted by Crippen LogP contribution is -2.43.